The summed E-state index contributed by atoms with van der Waals surface area (Å²) < 4.78 is 8.93. The van der Waals surface area contributed by atoms with Gasteiger partial charge in [-0.3, -0.25) is 0 Å². The molecule has 0 aliphatic rings. The van der Waals surface area contributed by atoms with Crippen molar-refractivity contribution in [3.8, 4) is 6.07 Å². The number of hydrogen-bond acceptors (Lipinski definition) is 7. The molecule has 0 amide bonds. The summed E-state index contributed by atoms with van der Waals surface area (Å²) in [6.45, 7) is 3.96. The molecule has 0 unspecified atom stereocenters. The first-order chi connectivity index (χ1) is 7.70. The second-order valence-electron chi connectivity index (χ2n) is 3.17. The van der Waals surface area contributed by atoms with Crippen molar-refractivity contribution in [2.75, 3.05) is 5.32 Å². The van der Waals surface area contributed by atoms with Gasteiger partial charge in [0.05, 0.1) is 12.2 Å². The number of nitriles is 1. The minimum Gasteiger partial charge on any atom is -0.367 e. The lowest BCUT2D eigenvalue weighted by atomic mass is 10.3. The van der Waals surface area contributed by atoms with Crippen LogP contribution < -0.4 is 5.32 Å². The van der Waals surface area contributed by atoms with E-state index in [2.05, 4.69) is 25.9 Å². The van der Waals surface area contributed by atoms with Crippen LogP contribution in [0.25, 0.3) is 0 Å². The smallest absolute Gasteiger partial charge is 0.223 e. The molecule has 7 heteroatoms. The zero-order valence-corrected chi connectivity index (χ0v) is 9.63. The molecule has 2 aromatic rings. The van der Waals surface area contributed by atoms with Gasteiger partial charge in [0.25, 0.3) is 0 Å². The number of aromatic nitrogens is 3. The summed E-state index contributed by atoms with van der Waals surface area (Å²) in [6.07, 6.45) is 0. The van der Waals surface area contributed by atoms with Crippen molar-refractivity contribution >= 4 is 16.5 Å². The van der Waals surface area contributed by atoms with Crippen LogP contribution in [0.5, 0.6) is 0 Å². The maximum Gasteiger partial charge on any atom is 0.223 e. The van der Waals surface area contributed by atoms with E-state index in [0.717, 1.165) is 10.7 Å². The highest BCUT2D eigenvalue weighted by Gasteiger charge is 2.10. The Morgan fingerprint density at radius 3 is 2.94 bits per heavy atom. The van der Waals surface area contributed by atoms with E-state index >= 15 is 0 Å². The highest BCUT2D eigenvalue weighted by atomic mass is 32.1. The summed E-state index contributed by atoms with van der Waals surface area (Å²) in [6, 6.07) is 2.11. The molecule has 0 radical (unpaired) electrons. The molecule has 2 aromatic heterocycles. The Morgan fingerprint density at radius 2 is 2.31 bits per heavy atom. The van der Waals surface area contributed by atoms with Gasteiger partial charge in [-0.1, -0.05) is 5.16 Å². The Labute approximate surface area is 96.1 Å². The lowest BCUT2D eigenvalue weighted by molar-refractivity contribution is 0.388. The molecular formula is C9H9N5OS. The maximum atomic E-state index is 8.92. The molecule has 0 fully saturated rings. The Kier molecular flexibility index (Phi) is 2.83. The Balaban J connectivity index is 2.08. The zero-order chi connectivity index (χ0) is 11.5. The molecule has 0 bridgehead atoms. The van der Waals surface area contributed by atoms with Crippen LogP contribution in [0.2, 0.25) is 0 Å². The van der Waals surface area contributed by atoms with Gasteiger partial charge >= 0.3 is 0 Å². The highest BCUT2D eigenvalue weighted by molar-refractivity contribution is 7.10. The summed E-state index contributed by atoms with van der Waals surface area (Å²) >= 11 is 1.26. The first-order valence-corrected chi connectivity index (χ1v) is 5.37. The number of anilines is 1. The van der Waals surface area contributed by atoms with Gasteiger partial charge in [0.2, 0.25) is 5.89 Å². The maximum absolute atomic E-state index is 8.92. The van der Waals surface area contributed by atoms with Gasteiger partial charge in [-0.15, -0.1) is 0 Å². The first kappa shape index (κ1) is 10.6. The largest absolute Gasteiger partial charge is 0.367 e. The van der Waals surface area contributed by atoms with E-state index in [4.69, 9.17) is 9.78 Å². The van der Waals surface area contributed by atoms with E-state index in [-0.39, 0.29) is 0 Å². The number of aryl methyl sites for hydroxylation is 2. The van der Waals surface area contributed by atoms with Crippen molar-refractivity contribution < 1.29 is 4.52 Å². The van der Waals surface area contributed by atoms with Gasteiger partial charge in [0, 0.05) is 6.92 Å². The molecule has 0 atom stereocenters. The van der Waals surface area contributed by atoms with E-state index in [1.807, 2.05) is 0 Å². The predicted octanol–water partition coefficient (Wildman–Crippen LogP) is 1.63. The van der Waals surface area contributed by atoms with Crippen LogP contribution >= 0.6 is 11.5 Å². The second-order valence-corrected chi connectivity index (χ2v) is 3.94. The SMILES string of the molecule is Cc1nc(CNc2snc(C)c2C#N)no1. The average Bonchev–Trinajstić information content (AvgIpc) is 2.82. The van der Waals surface area contributed by atoms with Crippen molar-refractivity contribution in [1.82, 2.24) is 14.5 Å². The fraction of sp³-hybridized carbons (Fsp3) is 0.333. The van der Waals surface area contributed by atoms with Crippen LogP contribution in [0, 0.1) is 25.2 Å². The molecule has 16 heavy (non-hydrogen) atoms. The molecule has 1 N–H and O–H groups in total. The van der Waals surface area contributed by atoms with Crippen molar-refractivity contribution in [3.05, 3.63) is 23.0 Å². The molecule has 0 aliphatic heterocycles. The van der Waals surface area contributed by atoms with E-state index in [1.54, 1.807) is 13.8 Å². The molecule has 2 heterocycles. The zero-order valence-electron chi connectivity index (χ0n) is 8.81. The fourth-order valence-corrected chi connectivity index (χ4v) is 1.94. The summed E-state index contributed by atoms with van der Waals surface area (Å²) in [5.41, 5.74) is 1.31. The topological polar surface area (TPSA) is 87.6 Å². The summed E-state index contributed by atoms with van der Waals surface area (Å²) in [4.78, 5) is 4.05. The lowest BCUT2D eigenvalue weighted by Crippen LogP contribution is -2.01. The van der Waals surface area contributed by atoms with Crippen LogP contribution in [-0.4, -0.2) is 14.5 Å². The van der Waals surface area contributed by atoms with Gasteiger partial charge in [-0.2, -0.15) is 14.6 Å². The number of hydrogen-bond donors (Lipinski definition) is 1. The third-order valence-corrected chi connectivity index (χ3v) is 2.85. The summed E-state index contributed by atoms with van der Waals surface area (Å²) in [7, 11) is 0. The summed E-state index contributed by atoms with van der Waals surface area (Å²) in [5.74, 6) is 1.09. The lowest BCUT2D eigenvalue weighted by Gasteiger charge is -1.98. The predicted molar refractivity (Wildman–Crippen MR) is 57.9 cm³/mol. The van der Waals surface area contributed by atoms with Gasteiger partial charge in [0.15, 0.2) is 5.82 Å². The van der Waals surface area contributed by atoms with E-state index in [1.165, 1.54) is 11.5 Å². The van der Waals surface area contributed by atoms with E-state index < -0.39 is 0 Å². The van der Waals surface area contributed by atoms with Gasteiger partial charge < -0.3 is 9.84 Å². The van der Waals surface area contributed by atoms with Crippen LogP contribution in [0.3, 0.4) is 0 Å². The van der Waals surface area contributed by atoms with Gasteiger partial charge in [-0.25, -0.2) is 0 Å². The van der Waals surface area contributed by atoms with E-state index in [0.29, 0.717) is 23.8 Å². The van der Waals surface area contributed by atoms with Crippen molar-refractivity contribution in [1.29, 1.82) is 5.26 Å². The third-order valence-electron chi connectivity index (χ3n) is 1.95. The Bertz CT molecular complexity index is 538. The van der Waals surface area contributed by atoms with Crippen LogP contribution in [0.4, 0.5) is 5.00 Å². The van der Waals surface area contributed by atoms with E-state index in [9.17, 15) is 0 Å². The van der Waals surface area contributed by atoms with Crippen molar-refractivity contribution in [2.24, 2.45) is 0 Å². The molecule has 6 nitrogen and oxygen atoms in total. The molecule has 82 valence electrons. The quantitative estimate of drug-likeness (QED) is 0.869. The van der Waals surface area contributed by atoms with Crippen molar-refractivity contribution in [2.45, 2.75) is 20.4 Å². The van der Waals surface area contributed by atoms with Gasteiger partial charge in [-0.05, 0) is 18.5 Å². The normalized spacial score (nSPS) is 10.1. The monoisotopic (exact) mass is 235 g/mol. The van der Waals surface area contributed by atoms with Crippen LogP contribution in [0.15, 0.2) is 4.52 Å². The number of rotatable bonds is 3. The molecule has 2 rings (SSSR count). The third kappa shape index (κ3) is 2.01. The molecule has 0 spiro atoms. The van der Waals surface area contributed by atoms with Crippen LogP contribution in [0.1, 0.15) is 23.0 Å². The summed E-state index contributed by atoms with van der Waals surface area (Å²) in [5, 5.41) is 16.5. The second kappa shape index (κ2) is 4.28. The molecular weight excluding hydrogens is 226 g/mol. The van der Waals surface area contributed by atoms with Crippen LogP contribution in [-0.2, 0) is 6.54 Å². The molecule has 0 aromatic carbocycles. The number of nitrogens with zero attached hydrogens (tertiary/aromatic N) is 4. The first-order valence-electron chi connectivity index (χ1n) is 4.60. The molecule has 0 aliphatic carbocycles. The Hall–Kier alpha value is -1.94. The molecule has 0 saturated carbocycles. The standard InChI is InChI=1S/C9H9N5OS/c1-5-7(3-10)9(16-14-5)11-4-8-12-6(2)15-13-8/h11H,4H2,1-2H3. The average molecular weight is 235 g/mol. The minimum atomic E-state index is 0.424. The number of nitrogens with one attached hydrogen (secondary N) is 1. The molecule has 0 saturated heterocycles. The van der Waals surface area contributed by atoms with Crippen molar-refractivity contribution in [3.63, 3.8) is 0 Å². The Morgan fingerprint density at radius 1 is 1.50 bits per heavy atom. The fourth-order valence-electron chi connectivity index (χ4n) is 1.19. The minimum absolute atomic E-state index is 0.424. The van der Waals surface area contributed by atoms with Gasteiger partial charge in [0.1, 0.15) is 16.6 Å². The highest BCUT2D eigenvalue weighted by Crippen LogP contribution is 2.23.